The van der Waals surface area contributed by atoms with E-state index in [2.05, 4.69) is 31.2 Å². The summed E-state index contributed by atoms with van der Waals surface area (Å²) in [7, 11) is 0. The van der Waals surface area contributed by atoms with Gasteiger partial charge in [0.2, 0.25) is 0 Å². The molecule has 4 aromatic rings. The predicted molar refractivity (Wildman–Crippen MR) is 139 cm³/mol. The van der Waals surface area contributed by atoms with Gasteiger partial charge in [-0.2, -0.15) is 0 Å². The van der Waals surface area contributed by atoms with Crippen LogP contribution in [0.25, 0.3) is 33.4 Å². The normalized spacial score (nSPS) is 29.5. The SMILES string of the molecule is CC12CCC3c4cc5c(-c6ccc(O)cc6)c(-c6ccccc6)oc5cc4CCC3C1CCC2O. The zero-order valence-electron chi connectivity index (χ0n) is 20.2. The minimum atomic E-state index is -0.138. The van der Waals surface area contributed by atoms with Gasteiger partial charge in [-0.1, -0.05) is 49.4 Å². The van der Waals surface area contributed by atoms with Crippen LogP contribution >= 0.6 is 0 Å². The fraction of sp³-hybridized carbons (Fsp3) is 0.375. The van der Waals surface area contributed by atoms with Gasteiger partial charge in [-0.3, -0.25) is 0 Å². The van der Waals surface area contributed by atoms with E-state index < -0.39 is 0 Å². The van der Waals surface area contributed by atoms with Gasteiger partial charge in [0.15, 0.2) is 0 Å². The van der Waals surface area contributed by atoms with Crippen molar-refractivity contribution in [2.45, 2.75) is 57.5 Å². The maximum absolute atomic E-state index is 10.8. The summed E-state index contributed by atoms with van der Waals surface area (Å²) in [6.07, 6.45) is 6.57. The topological polar surface area (TPSA) is 53.6 Å². The van der Waals surface area contributed by atoms with Gasteiger partial charge in [-0.25, -0.2) is 0 Å². The molecule has 0 aliphatic heterocycles. The largest absolute Gasteiger partial charge is 0.508 e. The van der Waals surface area contributed by atoms with Gasteiger partial charge in [-0.15, -0.1) is 0 Å². The lowest BCUT2D eigenvalue weighted by atomic mass is 9.55. The van der Waals surface area contributed by atoms with E-state index in [1.807, 2.05) is 30.3 Å². The van der Waals surface area contributed by atoms with Gasteiger partial charge in [0.05, 0.1) is 6.10 Å². The Kier molecular flexibility index (Phi) is 4.70. The van der Waals surface area contributed by atoms with Gasteiger partial charge < -0.3 is 14.6 Å². The molecule has 0 bridgehead atoms. The van der Waals surface area contributed by atoms with Crippen LogP contribution < -0.4 is 0 Å². The molecule has 178 valence electrons. The summed E-state index contributed by atoms with van der Waals surface area (Å²) in [6, 6.07) is 22.5. The second-order valence-electron chi connectivity index (χ2n) is 11.3. The van der Waals surface area contributed by atoms with Crippen molar-refractivity contribution < 1.29 is 14.6 Å². The molecule has 2 saturated carbocycles. The van der Waals surface area contributed by atoms with Crippen molar-refractivity contribution in [3.05, 3.63) is 77.9 Å². The number of aliphatic hydroxyl groups excluding tert-OH is 1. The maximum atomic E-state index is 10.8. The molecule has 3 heteroatoms. The fourth-order valence-corrected chi connectivity index (χ4v) is 7.84. The summed E-state index contributed by atoms with van der Waals surface area (Å²) in [6.45, 7) is 2.34. The molecular weight excluding hydrogens is 432 g/mol. The highest BCUT2D eigenvalue weighted by Gasteiger charge is 2.54. The van der Waals surface area contributed by atoms with Crippen molar-refractivity contribution in [2.24, 2.45) is 17.3 Å². The molecule has 0 amide bonds. The van der Waals surface area contributed by atoms with Crippen LogP contribution in [0.1, 0.15) is 56.1 Å². The third-order valence-corrected chi connectivity index (χ3v) is 9.68. The van der Waals surface area contributed by atoms with Crippen molar-refractivity contribution in [2.75, 3.05) is 0 Å². The first-order valence-electron chi connectivity index (χ1n) is 13.1. The molecule has 2 fully saturated rings. The lowest BCUT2D eigenvalue weighted by molar-refractivity contribution is -0.0225. The first-order valence-corrected chi connectivity index (χ1v) is 13.1. The Labute approximate surface area is 206 Å². The van der Waals surface area contributed by atoms with Crippen molar-refractivity contribution in [1.82, 2.24) is 0 Å². The van der Waals surface area contributed by atoms with Crippen LogP contribution in [0.2, 0.25) is 0 Å². The first-order chi connectivity index (χ1) is 17.0. The molecule has 3 aliphatic rings. The van der Waals surface area contributed by atoms with E-state index in [4.69, 9.17) is 4.42 Å². The Balaban J connectivity index is 1.40. The molecule has 2 N–H and O–H groups in total. The molecule has 1 aromatic heterocycles. The maximum Gasteiger partial charge on any atom is 0.143 e. The lowest BCUT2D eigenvalue weighted by Crippen LogP contribution is -2.43. The number of benzene rings is 3. The second-order valence-corrected chi connectivity index (χ2v) is 11.3. The summed E-state index contributed by atoms with van der Waals surface area (Å²) in [4.78, 5) is 0. The van der Waals surface area contributed by atoms with Crippen LogP contribution in [0.3, 0.4) is 0 Å². The molecule has 35 heavy (non-hydrogen) atoms. The minimum absolute atomic E-state index is 0.0933. The van der Waals surface area contributed by atoms with E-state index in [0.29, 0.717) is 17.8 Å². The minimum Gasteiger partial charge on any atom is -0.508 e. The molecular formula is C32H32O3. The van der Waals surface area contributed by atoms with Crippen LogP contribution in [-0.2, 0) is 6.42 Å². The average Bonchev–Trinajstić information content (AvgIpc) is 3.40. The standard InChI is InChI=1S/C32H32O3/c1-32-16-15-23-24(27(32)13-14-29(32)34)12-9-21-17-28-26(18-25(21)23)30(19-7-10-22(33)11-8-19)31(35-28)20-5-3-2-4-6-20/h2-8,10-11,17-18,23-24,27,29,33-34H,9,12-16H2,1H3. The predicted octanol–water partition coefficient (Wildman–Crippen LogP) is 7.69. The summed E-state index contributed by atoms with van der Waals surface area (Å²) in [5.41, 5.74) is 7.20. The van der Waals surface area contributed by atoms with E-state index in [-0.39, 0.29) is 17.3 Å². The molecule has 5 atom stereocenters. The fourth-order valence-electron chi connectivity index (χ4n) is 7.84. The number of furan rings is 1. The summed E-state index contributed by atoms with van der Waals surface area (Å²) in [5.74, 6) is 3.01. The number of rotatable bonds is 2. The zero-order chi connectivity index (χ0) is 23.7. The number of aromatic hydroxyl groups is 1. The average molecular weight is 465 g/mol. The number of aliphatic hydroxyl groups is 1. The Morgan fingerprint density at radius 3 is 2.49 bits per heavy atom. The highest BCUT2D eigenvalue weighted by molar-refractivity contribution is 6.02. The van der Waals surface area contributed by atoms with E-state index in [0.717, 1.165) is 59.1 Å². The zero-order valence-corrected chi connectivity index (χ0v) is 20.2. The summed E-state index contributed by atoms with van der Waals surface area (Å²) in [5, 5.41) is 21.8. The number of phenols is 1. The monoisotopic (exact) mass is 464 g/mol. The molecule has 3 aliphatic carbocycles. The van der Waals surface area contributed by atoms with Gasteiger partial charge >= 0.3 is 0 Å². The third-order valence-electron chi connectivity index (χ3n) is 9.68. The molecule has 0 spiro atoms. The van der Waals surface area contributed by atoms with Gasteiger partial charge in [0, 0.05) is 16.5 Å². The Morgan fingerprint density at radius 2 is 1.69 bits per heavy atom. The Hall–Kier alpha value is -3.04. The molecule has 7 rings (SSSR count). The van der Waals surface area contributed by atoms with E-state index >= 15 is 0 Å². The highest BCUT2D eigenvalue weighted by atomic mass is 16.3. The molecule has 0 radical (unpaired) electrons. The third kappa shape index (κ3) is 3.14. The van der Waals surface area contributed by atoms with Crippen LogP contribution in [0, 0.1) is 17.3 Å². The lowest BCUT2D eigenvalue weighted by Gasteiger charge is -2.50. The van der Waals surface area contributed by atoms with Crippen LogP contribution in [0.4, 0.5) is 0 Å². The smallest absolute Gasteiger partial charge is 0.143 e. The molecule has 3 aromatic carbocycles. The molecule has 0 saturated heterocycles. The Morgan fingerprint density at radius 1 is 0.886 bits per heavy atom. The van der Waals surface area contributed by atoms with Gasteiger partial charge in [0.25, 0.3) is 0 Å². The van der Waals surface area contributed by atoms with Crippen LogP contribution in [-0.4, -0.2) is 16.3 Å². The van der Waals surface area contributed by atoms with Crippen molar-refractivity contribution in [1.29, 1.82) is 0 Å². The number of hydrogen-bond acceptors (Lipinski definition) is 3. The van der Waals surface area contributed by atoms with Gasteiger partial charge in [0.1, 0.15) is 17.1 Å². The molecule has 1 heterocycles. The van der Waals surface area contributed by atoms with E-state index in [1.165, 1.54) is 24.0 Å². The first kappa shape index (κ1) is 21.3. The van der Waals surface area contributed by atoms with Crippen molar-refractivity contribution in [3.8, 4) is 28.2 Å². The highest BCUT2D eigenvalue weighted by Crippen LogP contribution is 2.61. The van der Waals surface area contributed by atoms with E-state index in [1.54, 1.807) is 12.1 Å². The Bertz CT molecular complexity index is 1400. The number of hydrogen-bond donors (Lipinski definition) is 2. The van der Waals surface area contributed by atoms with Crippen molar-refractivity contribution in [3.63, 3.8) is 0 Å². The number of fused-ring (bicyclic) bond motifs is 6. The van der Waals surface area contributed by atoms with Crippen LogP contribution in [0.5, 0.6) is 5.75 Å². The number of aryl methyl sites for hydroxylation is 1. The molecule has 5 unspecified atom stereocenters. The van der Waals surface area contributed by atoms with Gasteiger partial charge in [-0.05, 0) is 103 Å². The van der Waals surface area contributed by atoms with Crippen molar-refractivity contribution >= 4 is 11.0 Å². The summed E-state index contributed by atoms with van der Waals surface area (Å²) >= 11 is 0. The summed E-state index contributed by atoms with van der Waals surface area (Å²) < 4.78 is 6.58. The van der Waals surface area contributed by atoms with Crippen LogP contribution in [0.15, 0.2) is 71.1 Å². The van der Waals surface area contributed by atoms with E-state index in [9.17, 15) is 10.2 Å². The quantitative estimate of drug-likeness (QED) is 0.320. The second kappa shape index (κ2) is 7.73. The number of phenolic OH excluding ortho intramolecular Hbond substituents is 1. The molecule has 3 nitrogen and oxygen atoms in total.